The minimum Gasteiger partial charge on any atom is -0.449 e. The summed E-state index contributed by atoms with van der Waals surface area (Å²) in [7, 11) is 0. The van der Waals surface area contributed by atoms with Gasteiger partial charge >= 0.3 is 5.97 Å². The number of hydrogen-bond donors (Lipinski definition) is 1. The van der Waals surface area contributed by atoms with Gasteiger partial charge in [-0.3, -0.25) is 4.79 Å². The molecule has 1 N–H and O–H groups in total. The van der Waals surface area contributed by atoms with Gasteiger partial charge in [0.2, 0.25) is 0 Å². The Kier molecular flexibility index (Phi) is 4.71. The first-order valence-electron chi connectivity index (χ1n) is 9.50. The largest absolute Gasteiger partial charge is 0.449 e. The van der Waals surface area contributed by atoms with Crippen molar-refractivity contribution in [2.45, 2.75) is 62.1 Å². The number of rotatable bonds is 5. The average molecular weight is 375 g/mol. The fourth-order valence-electron chi connectivity index (χ4n) is 5.61. The molecule has 6 heteroatoms. The van der Waals surface area contributed by atoms with E-state index in [1.54, 1.807) is 25.3 Å². The smallest absolute Gasteiger partial charge is 0.341 e. The number of carbonyl (C=O) groups is 2. The van der Waals surface area contributed by atoms with Crippen LogP contribution in [0.15, 0.2) is 23.4 Å². The Morgan fingerprint density at radius 1 is 1.23 bits per heavy atom. The van der Waals surface area contributed by atoms with Crippen LogP contribution in [-0.2, 0) is 9.53 Å². The van der Waals surface area contributed by atoms with Gasteiger partial charge in [0.1, 0.15) is 5.03 Å². The fraction of sp³-hybridized carbons (Fsp3) is 0.650. The number of amides is 1. The Balaban J connectivity index is 1.40. The molecule has 1 aromatic rings. The maximum atomic E-state index is 12.7. The van der Waals surface area contributed by atoms with Gasteiger partial charge in [-0.2, -0.15) is 0 Å². The maximum absolute atomic E-state index is 12.7. The second-order valence-electron chi connectivity index (χ2n) is 8.29. The highest BCUT2D eigenvalue weighted by atomic mass is 32.2. The zero-order chi connectivity index (χ0) is 18.3. The molecule has 4 aliphatic rings. The maximum Gasteiger partial charge on any atom is 0.341 e. The van der Waals surface area contributed by atoms with Crippen molar-refractivity contribution in [3.63, 3.8) is 0 Å². The lowest BCUT2D eigenvalue weighted by Gasteiger charge is -2.57. The molecule has 5 nitrogen and oxygen atoms in total. The molecular formula is C20H26N2O3S. The molecule has 1 aromatic heterocycles. The number of esters is 1. The van der Waals surface area contributed by atoms with E-state index >= 15 is 0 Å². The number of aromatic nitrogens is 1. The molecule has 0 aliphatic heterocycles. The van der Waals surface area contributed by atoms with Gasteiger partial charge in [-0.05, 0) is 81.6 Å². The second kappa shape index (κ2) is 6.87. The molecule has 4 saturated carbocycles. The Hall–Kier alpha value is -1.56. The van der Waals surface area contributed by atoms with Crippen molar-refractivity contribution in [2.75, 3.05) is 6.26 Å². The van der Waals surface area contributed by atoms with Gasteiger partial charge in [-0.1, -0.05) is 0 Å². The number of thioether (sulfide) groups is 1. The van der Waals surface area contributed by atoms with Gasteiger partial charge in [-0.25, -0.2) is 9.78 Å². The summed E-state index contributed by atoms with van der Waals surface area (Å²) in [6, 6.07) is 3.39. The first kappa shape index (κ1) is 17.8. The van der Waals surface area contributed by atoms with Gasteiger partial charge in [0, 0.05) is 11.7 Å². The molecular weight excluding hydrogens is 348 g/mol. The van der Waals surface area contributed by atoms with Crippen LogP contribution in [0.25, 0.3) is 0 Å². The van der Waals surface area contributed by atoms with Gasteiger partial charge in [0.05, 0.1) is 5.56 Å². The highest BCUT2D eigenvalue weighted by Crippen LogP contribution is 2.55. The molecule has 0 unspecified atom stereocenters. The molecule has 140 valence electrons. The molecule has 5 rings (SSSR count). The van der Waals surface area contributed by atoms with Crippen LogP contribution in [0.4, 0.5) is 0 Å². The lowest BCUT2D eigenvalue weighted by atomic mass is 9.53. The number of nitrogens with one attached hydrogen (secondary N) is 1. The van der Waals surface area contributed by atoms with Crippen molar-refractivity contribution in [3.8, 4) is 0 Å². The van der Waals surface area contributed by atoms with E-state index in [1.165, 1.54) is 31.0 Å². The lowest BCUT2D eigenvalue weighted by Crippen LogP contribution is -2.61. The zero-order valence-corrected chi connectivity index (χ0v) is 16.2. The summed E-state index contributed by atoms with van der Waals surface area (Å²) < 4.78 is 5.45. The molecule has 26 heavy (non-hydrogen) atoms. The molecule has 4 bridgehead atoms. The summed E-state index contributed by atoms with van der Waals surface area (Å²) in [5.74, 6) is 1.63. The van der Waals surface area contributed by atoms with E-state index in [0.717, 1.165) is 37.0 Å². The fourth-order valence-corrected chi connectivity index (χ4v) is 6.15. The predicted octanol–water partition coefficient (Wildman–Crippen LogP) is 3.43. The van der Waals surface area contributed by atoms with E-state index in [4.69, 9.17) is 4.74 Å². The first-order chi connectivity index (χ1) is 12.5. The lowest BCUT2D eigenvalue weighted by molar-refractivity contribution is -0.134. The van der Waals surface area contributed by atoms with Crippen molar-refractivity contribution >= 4 is 23.6 Å². The normalized spacial score (nSPS) is 32.9. The summed E-state index contributed by atoms with van der Waals surface area (Å²) >= 11 is 1.39. The number of nitrogens with zero attached hydrogens (tertiary/aromatic N) is 1. The summed E-state index contributed by atoms with van der Waals surface area (Å²) in [4.78, 5) is 29.4. The van der Waals surface area contributed by atoms with Gasteiger partial charge in [0.15, 0.2) is 6.10 Å². The summed E-state index contributed by atoms with van der Waals surface area (Å²) in [6.07, 6.45) is 9.97. The van der Waals surface area contributed by atoms with Gasteiger partial charge < -0.3 is 10.1 Å². The summed E-state index contributed by atoms with van der Waals surface area (Å²) in [6.45, 7) is 1.66. The first-order valence-corrected chi connectivity index (χ1v) is 10.7. The third-order valence-electron chi connectivity index (χ3n) is 6.26. The van der Waals surface area contributed by atoms with E-state index < -0.39 is 12.1 Å². The third kappa shape index (κ3) is 3.36. The van der Waals surface area contributed by atoms with Crippen molar-refractivity contribution in [1.29, 1.82) is 0 Å². The van der Waals surface area contributed by atoms with E-state index in [1.807, 2.05) is 6.26 Å². The second-order valence-corrected chi connectivity index (χ2v) is 9.09. The third-order valence-corrected chi connectivity index (χ3v) is 6.98. The van der Waals surface area contributed by atoms with Crippen LogP contribution >= 0.6 is 11.8 Å². The molecule has 0 spiro atoms. The predicted molar refractivity (Wildman–Crippen MR) is 99.9 cm³/mol. The van der Waals surface area contributed by atoms with Crippen LogP contribution in [0.5, 0.6) is 0 Å². The number of pyridine rings is 1. The average Bonchev–Trinajstić information content (AvgIpc) is 2.59. The molecule has 0 aromatic carbocycles. The van der Waals surface area contributed by atoms with E-state index in [0.29, 0.717) is 10.6 Å². The highest BCUT2D eigenvalue weighted by molar-refractivity contribution is 7.98. The van der Waals surface area contributed by atoms with Crippen molar-refractivity contribution in [3.05, 3.63) is 23.9 Å². The number of ether oxygens (including phenoxy) is 1. The summed E-state index contributed by atoms with van der Waals surface area (Å²) in [5, 5.41) is 3.89. The number of carbonyl (C=O) groups excluding carboxylic acids is 2. The Bertz CT molecular complexity index is 685. The van der Waals surface area contributed by atoms with Crippen molar-refractivity contribution in [2.24, 2.45) is 17.8 Å². The van der Waals surface area contributed by atoms with Crippen LogP contribution in [0, 0.1) is 17.8 Å². The molecule has 0 saturated heterocycles. The molecule has 4 aliphatic carbocycles. The van der Waals surface area contributed by atoms with Crippen LogP contribution < -0.4 is 5.32 Å². The summed E-state index contributed by atoms with van der Waals surface area (Å²) in [5.41, 5.74) is 0.347. The van der Waals surface area contributed by atoms with E-state index in [2.05, 4.69) is 10.3 Å². The molecule has 4 fully saturated rings. The molecule has 1 amide bonds. The minimum absolute atomic E-state index is 0.0643. The molecule has 1 atom stereocenters. The highest BCUT2D eigenvalue weighted by Gasteiger charge is 2.51. The van der Waals surface area contributed by atoms with Crippen LogP contribution in [0.1, 0.15) is 55.8 Å². The SMILES string of the molecule is CSc1ncccc1C(=O)O[C@@H](C)C(=O)NC12CC3CC(CC(C3)C1)C2. The Labute approximate surface area is 158 Å². The van der Waals surface area contributed by atoms with Crippen LogP contribution in [0.3, 0.4) is 0 Å². The van der Waals surface area contributed by atoms with Gasteiger partial charge in [0.25, 0.3) is 5.91 Å². The number of hydrogen-bond acceptors (Lipinski definition) is 5. The Morgan fingerprint density at radius 2 is 1.85 bits per heavy atom. The Morgan fingerprint density at radius 3 is 2.42 bits per heavy atom. The standard InChI is InChI=1S/C20H26N2O3S/c1-12(25-19(24)16-4-3-5-21-18(16)26-2)17(23)22-20-9-13-6-14(10-20)8-15(7-13)11-20/h3-5,12-15H,6-11H2,1-2H3,(H,22,23)/t12-,13?,14?,15?,20?/m0/s1. The van der Waals surface area contributed by atoms with Crippen LogP contribution in [0.2, 0.25) is 0 Å². The zero-order valence-electron chi connectivity index (χ0n) is 15.4. The minimum atomic E-state index is -0.801. The van der Waals surface area contributed by atoms with Gasteiger partial charge in [-0.15, -0.1) is 11.8 Å². The van der Waals surface area contributed by atoms with E-state index in [-0.39, 0.29) is 11.4 Å². The van der Waals surface area contributed by atoms with Crippen molar-refractivity contribution in [1.82, 2.24) is 10.3 Å². The van der Waals surface area contributed by atoms with Crippen molar-refractivity contribution < 1.29 is 14.3 Å². The van der Waals surface area contributed by atoms with Crippen LogP contribution in [-0.4, -0.2) is 34.8 Å². The monoisotopic (exact) mass is 374 g/mol. The quantitative estimate of drug-likeness (QED) is 0.632. The molecule has 0 radical (unpaired) electrons. The topological polar surface area (TPSA) is 68.3 Å². The van der Waals surface area contributed by atoms with E-state index in [9.17, 15) is 9.59 Å². The molecule has 1 heterocycles.